The molecule has 0 amide bonds. The molecule has 0 aromatic heterocycles. The van der Waals surface area contributed by atoms with E-state index in [-0.39, 0.29) is 29.7 Å². The minimum absolute atomic E-state index is 0.00191. The Balaban J connectivity index is 1.76. The number of nitrogens with zero attached hydrogens (tertiary/aromatic N) is 1. The van der Waals surface area contributed by atoms with Crippen LogP contribution in [0, 0.1) is 17.2 Å². The van der Waals surface area contributed by atoms with E-state index < -0.39 is 26.0 Å². The van der Waals surface area contributed by atoms with Crippen LogP contribution in [0.1, 0.15) is 56.6 Å². The van der Waals surface area contributed by atoms with Gasteiger partial charge in [0, 0.05) is 29.1 Å². The SMILES string of the molecule is CCCC1CC(=O)C2=C(C1)NC(C)=C(C#N)C2c1cc(Br)c(OCc2cccc(NS(C)(=O)=O)c2)c(NS(C)(=O)=O)c1. The fourth-order valence-electron chi connectivity index (χ4n) is 5.51. The van der Waals surface area contributed by atoms with Crippen LogP contribution in [0.3, 0.4) is 0 Å². The van der Waals surface area contributed by atoms with Crippen LogP contribution in [0.15, 0.2) is 63.4 Å². The molecule has 0 saturated carbocycles. The fraction of sp³-hybridized carbons (Fsp3) is 0.379. The summed E-state index contributed by atoms with van der Waals surface area (Å²) < 4.78 is 59.4. The molecular formula is C29H33BrN4O6S2. The highest BCUT2D eigenvalue weighted by molar-refractivity contribution is 9.10. The van der Waals surface area contributed by atoms with Gasteiger partial charge in [-0.3, -0.25) is 14.2 Å². The largest absolute Gasteiger partial charge is 0.486 e. The van der Waals surface area contributed by atoms with E-state index in [0.29, 0.717) is 51.0 Å². The molecule has 2 aromatic carbocycles. The number of ether oxygens (including phenoxy) is 1. The minimum atomic E-state index is -3.75. The molecule has 10 nitrogen and oxygen atoms in total. The van der Waals surface area contributed by atoms with Crippen LogP contribution < -0.4 is 19.5 Å². The minimum Gasteiger partial charge on any atom is -0.486 e. The van der Waals surface area contributed by atoms with Crippen LogP contribution in [0.2, 0.25) is 0 Å². The molecule has 42 heavy (non-hydrogen) atoms. The first-order chi connectivity index (χ1) is 19.7. The summed E-state index contributed by atoms with van der Waals surface area (Å²) in [5.74, 6) is -0.275. The van der Waals surface area contributed by atoms with Gasteiger partial charge in [0.1, 0.15) is 6.61 Å². The van der Waals surface area contributed by atoms with Crippen LogP contribution in [-0.2, 0) is 31.4 Å². The van der Waals surface area contributed by atoms with Crippen LogP contribution in [0.4, 0.5) is 11.4 Å². The second-order valence-electron chi connectivity index (χ2n) is 10.7. The maximum atomic E-state index is 13.5. The van der Waals surface area contributed by atoms with Gasteiger partial charge in [-0.2, -0.15) is 5.26 Å². The number of allylic oxidation sites excluding steroid dienone is 4. The normalized spacial score (nSPS) is 19.1. The quantitative estimate of drug-likeness (QED) is 0.307. The third kappa shape index (κ3) is 7.53. The predicted octanol–water partition coefficient (Wildman–Crippen LogP) is 5.29. The summed E-state index contributed by atoms with van der Waals surface area (Å²) in [4.78, 5) is 13.5. The number of benzene rings is 2. The van der Waals surface area contributed by atoms with E-state index in [9.17, 15) is 26.9 Å². The zero-order chi connectivity index (χ0) is 30.8. The van der Waals surface area contributed by atoms with Crippen molar-refractivity contribution in [3.63, 3.8) is 0 Å². The number of ketones is 1. The van der Waals surface area contributed by atoms with Gasteiger partial charge in [-0.05, 0) is 77.0 Å². The molecule has 2 unspecified atom stereocenters. The fourth-order valence-corrected chi connectivity index (χ4v) is 7.21. The second kappa shape index (κ2) is 12.5. The lowest BCUT2D eigenvalue weighted by Gasteiger charge is -2.35. The molecule has 0 saturated heterocycles. The van der Waals surface area contributed by atoms with E-state index in [2.05, 4.69) is 43.7 Å². The number of nitrogens with one attached hydrogen (secondary N) is 3. The van der Waals surface area contributed by atoms with Gasteiger partial charge in [-0.1, -0.05) is 25.5 Å². The average Bonchev–Trinajstić information content (AvgIpc) is 2.85. The van der Waals surface area contributed by atoms with E-state index in [1.807, 2.05) is 0 Å². The van der Waals surface area contributed by atoms with Gasteiger partial charge in [0.2, 0.25) is 20.0 Å². The van der Waals surface area contributed by atoms with Crippen LogP contribution in [-0.4, -0.2) is 35.1 Å². The Labute approximate surface area is 255 Å². The van der Waals surface area contributed by atoms with Gasteiger partial charge >= 0.3 is 0 Å². The van der Waals surface area contributed by atoms with Crippen LogP contribution in [0.25, 0.3) is 0 Å². The molecule has 1 aliphatic heterocycles. The van der Waals surface area contributed by atoms with Gasteiger partial charge in [0.25, 0.3) is 0 Å². The number of halogens is 1. The van der Waals surface area contributed by atoms with Gasteiger partial charge in [-0.15, -0.1) is 0 Å². The zero-order valence-electron chi connectivity index (χ0n) is 23.7. The van der Waals surface area contributed by atoms with Crippen molar-refractivity contribution in [2.24, 2.45) is 5.92 Å². The highest BCUT2D eigenvalue weighted by Crippen LogP contribution is 2.47. The molecule has 2 atom stereocenters. The molecule has 0 bridgehead atoms. The number of rotatable bonds is 10. The van der Waals surface area contributed by atoms with Crippen molar-refractivity contribution in [3.8, 4) is 11.8 Å². The third-order valence-corrected chi connectivity index (χ3v) is 8.82. The first-order valence-electron chi connectivity index (χ1n) is 13.3. The van der Waals surface area contributed by atoms with Gasteiger partial charge < -0.3 is 10.1 Å². The summed E-state index contributed by atoms with van der Waals surface area (Å²) in [6.07, 6.45) is 5.06. The molecular weight excluding hydrogens is 644 g/mol. The van der Waals surface area contributed by atoms with Gasteiger partial charge in [0.05, 0.1) is 40.2 Å². The smallest absolute Gasteiger partial charge is 0.229 e. The van der Waals surface area contributed by atoms with Crippen molar-refractivity contribution in [3.05, 3.63) is 74.5 Å². The highest BCUT2D eigenvalue weighted by atomic mass is 79.9. The van der Waals surface area contributed by atoms with E-state index in [1.165, 1.54) is 0 Å². The number of hydrogen-bond donors (Lipinski definition) is 3. The van der Waals surface area contributed by atoms with Crippen molar-refractivity contribution in [2.75, 3.05) is 22.0 Å². The summed E-state index contributed by atoms with van der Waals surface area (Å²) in [6.45, 7) is 3.89. The summed E-state index contributed by atoms with van der Waals surface area (Å²) in [5.41, 5.74) is 4.08. The Hall–Kier alpha value is -3.34. The topological polar surface area (TPSA) is 154 Å². The molecule has 1 aliphatic carbocycles. The number of Topliss-reactive ketones (excluding diaryl/α,β-unsaturated/α-hetero) is 1. The maximum absolute atomic E-state index is 13.5. The molecule has 2 aromatic rings. The van der Waals surface area contributed by atoms with Crippen molar-refractivity contribution >= 4 is 53.1 Å². The van der Waals surface area contributed by atoms with E-state index >= 15 is 0 Å². The van der Waals surface area contributed by atoms with Crippen molar-refractivity contribution in [1.29, 1.82) is 5.26 Å². The molecule has 13 heteroatoms. The number of carbonyl (C=O) groups excluding carboxylic acids is 1. The number of dihydropyridines is 1. The first kappa shape index (κ1) is 31.6. The molecule has 1 heterocycles. The molecule has 224 valence electrons. The standard InChI is InChI=1S/C29H33BrN4O6S2/c1-5-7-18-11-24-28(26(35)12-18)27(22(15-31)17(2)32-24)20-13-23(30)29(25(14-20)34-42(4,38)39)40-16-19-8-6-9-21(10-19)33-41(3,36)37/h6,8-10,13-14,18,27,32-34H,5,7,11-12,16H2,1-4H3. The Morgan fingerprint density at radius 1 is 1.10 bits per heavy atom. The van der Waals surface area contributed by atoms with E-state index in [1.54, 1.807) is 43.3 Å². The lowest BCUT2D eigenvalue weighted by atomic mass is 9.72. The summed E-state index contributed by atoms with van der Waals surface area (Å²) in [5, 5.41) is 13.4. The second-order valence-corrected chi connectivity index (χ2v) is 15.1. The van der Waals surface area contributed by atoms with E-state index in [0.717, 1.165) is 31.1 Å². The first-order valence-corrected chi connectivity index (χ1v) is 17.9. The highest BCUT2D eigenvalue weighted by Gasteiger charge is 2.39. The lowest BCUT2D eigenvalue weighted by molar-refractivity contribution is -0.117. The van der Waals surface area contributed by atoms with Crippen molar-refractivity contribution < 1.29 is 26.4 Å². The van der Waals surface area contributed by atoms with Crippen LogP contribution in [0.5, 0.6) is 5.75 Å². The summed E-state index contributed by atoms with van der Waals surface area (Å²) in [6, 6.07) is 12.2. The Kier molecular flexibility index (Phi) is 9.39. The molecule has 2 aliphatic rings. The average molecular weight is 678 g/mol. The summed E-state index contributed by atoms with van der Waals surface area (Å²) >= 11 is 3.52. The lowest BCUT2D eigenvalue weighted by Crippen LogP contribution is -2.34. The van der Waals surface area contributed by atoms with Gasteiger partial charge in [-0.25, -0.2) is 16.8 Å². The molecule has 3 N–H and O–H groups in total. The molecule has 0 spiro atoms. The molecule has 0 radical (unpaired) electrons. The third-order valence-electron chi connectivity index (χ3n) is 7.04. The molecule has 0 fully saturated rings. The predicted molar refractivity (Wildman–Crippen MR) is 166 cm³/mol. The number of carbonyl (C=O) groups is 1. The summed E-state index contributed by atoms with van der Waals surface area (Å²) in [7, 11) is -7.22. The maximum Gasteiger partial charge on any atom is 0.229 e. The van der Waals surface area contributed by atoms with Crippen molar-refractivity contribution in [2.45, 2.75) is 52.1 Å². The zero-order valence-corrected chi connectivity index (χ0v) is 27.0. The molecule has 4 rings (SSSR count). The number of anilines is 2. The number of nitriles is 1. The Morgan fingerprint density at radius 2 is 1.81 bits per heavy atom. The van der Waals surface area contributed by atoms with Crippen LogP contribution >= 0.6 is 15.9 Å². The Bertz CT molecular complexity index is 1740. The van der Waals surface area contributed by atoms with E-state index in [4.69, 9.17) is 4.74 Å². The Morgan fingerprint density at radius 3 is 2.45 bits per heavy atom. The number of sulfonamides is 2. The van der Waals surface area contributed by atoms with Crippen molar-refractivity contribution in [1.82, 2.24) is 5.32 Å². The van der Waals surface area contributed by atoms with Gasteiger partial charge in [0.15, 0.2) is 11.5 Å². The number of hydrogen-bond acceptors (Lipinski definition) is 8. The monoisotopic (exact) mass is 676 g/mol.